The lowest BCUT2D eigenvalue weighted by molar-refractivity contribution is 0.0932. The topological polar surface area (TPSA) is 76.5 Å². The van der Waals surface area contributed by atoms with Crippen LogP contribution in [0.25, 0.3) is 0 Å². The molecule has 1 aliphatic rings. The highest BCUT2D eigenvalue weighted by molar-refractivity contribution is 6.06. The first-order chi connectivity index (χ1) is 14.1. The minimum atomic E-state index is -0.234. The number of anilines is 1. The molecule has 0 unspecified atom stereocenters. The number of methoxy groups -OCH3 is 1. The smallest absolute Gasteiger partial charge is 0.287 e. The molecule has 1 aliphatic heterocycles. The van der Waals surface area contributed by atoms with Crippen LogP contribution >= 0.6 is 0 Å². The molecule has 1 aromatic carbocycles. The molecule has 0 fully saturated rings. The number of imidazole rings is 1. The van der Waals surface area contributed by atoms with E-state index in [1.54, 1.807) is 12.0 Å². The Bertz CT molecular complexity index is 875. The molecule has 2 heterocycles. The van der Waals surface area contributed by atoms with Crippen molar-refractivity contribution < 1.29 is 14.3 Å². The van der Waals surface area contributed by atoms with E-state index in [1.165, 1.54) is 0 Å². The van der Waals surface area contributed by atoms with Gasteiger partial charge >= 0.3 is 0 Å². The molecule has 2 amide bonds. The summed E-state index contributed by atoms with van der Waals surface area (Å²) >= 11 is 0. The van der Waals surface area contributed by atoms with E-state index in [4.69, 9.17) is 4.74 Å². The standard InChI is InChI=1S/C22H30N4O3/c1-4-25(17-10-7-9-16(2)15-17)22(28)19-18-11-5-6-13-26(18)20(24-19)21(27)23-12-8-14-29-3/h7,9-10,15H,4-6,8,11-14H2,1-3H3,(H,23,27). The molecule has 0 atom stereocenters. The first-order valence-corrected chi connectivity index (χ1v) is 10.3. The molecule has 0 aliphatic carbocycles. The van der Waals surface area contributed by atoms with Crippen molar-refractivity contribution >= 4 is 17.5 Å². The normalized spacial score (nSPS) is 13.1. The molecular formula is C22H30N4O3. The van der Waals surface area contributed by atoms with Crippen LogP contribution in [0.5, 0.6) is 0 Å². The third-order valence-corrected chi connectivity index (χ3v) is 5.21. The summed E-state index contributed by atoms with van der Waals surface area (Å²) in [7, 11) is 1.64. The zero-order valence-corrected chi connectivity index (χ0v) is 17.5. The van der Waals surface area contributed by atoms with Gasteiger partial charge in [-0.3, -0.25) is 9.59 Å². The minimum Gasteiger partial charge on any atom is -0.385 e. The second-order valence-corrected chi connectivity index (χ2v) is 7.33. The summed E-state index contributed by atoms with van der Waals surface area (Å²) in [6.07, 6.45) is 3.47. The predicted molar refractivity (Wildman–Crippen MR) is 113 cm³/mol. The molecule has 7 nitrogen and oxygen atoms in total. The van der Waals surface area contributed by atoms with Gasteiger partial charge in [-0.05, 0) is 57.2 Å². The zero-order chi connectivity index (χ0) is 20.8. The lowest BCUT2D eigenvalue weighted by Crippen LogP contribution is -2.32. The molecule has 156 valence electrons. The predicted octanol–water partition coefficient (Wildman–Crippen LogP) is 2.96. The van der Waals surface area contributed by atoms with Gasteiger partial charge in [0.1, 0.15) is 0 Å². The van der Waals surface area contributed by atoms with Gasteiger partial charge in [-0.2, -0.15) is 0 Å². The quantitative estimate of drug-likeness (QED) is 0.694. The molecule has 0 saturated carbocycles. The van der Waals surface area contributed by atoms with Crippen LogP contribution in [0.15, 0.2) is 24.3 Å². The van der Waals surface area contributed by atoms with E-state index in [9.17, 15) is 9.59 Å². The van der Waals surface area contributed by atoms with Crippen molar-refractivity contribution in [2.24, 2.45) is 0 Å². The number of rotatable bonds is 8. The lowest BCUT2D eigenvalue weighted by atomic mass is 10.1. The number of nitrogens with zero attached hydrogens (tertiary/aromatic N) is 3. The van der Waals surface area contributed by atoms with E-state index in [1.807, 2.05) is 42.7 Å². The number of carbonyl (C=O) groups excluding carboxylic acids is 2. The van der Waals surface area contributed by atoms with Crippen LogP contribution in [-0.4, -0.2) is 48.2 Å². The second-order valence-electron chi connectivity index (χ2n) is 7.33. The molecule has 0 spiro atoms. The maximum absolute atomic E-state index is 13.4. The number of ether oxygens (including phenoxy) is 1. The van der Waals surface area contributed by atoms with Crippen molar-refractivity contribution in [3.05, 3.63) is 47.0 Å². The average Bonchev–Trinajstić information content (AvgIpc) is 3.11. The van der Waals surface area contributed by atoms with E-state index in [0.29, 0.717) is 37.8 Å². The first kappa shape index (κ1) is 21.0. The van der Waals surface area contributed by atoms with Gasteiger partial charge in [-0.25, -0.2) is 4.98 Å². The molecule has 1 N–H and O–H groups in total. The summed E-state index contributed by atoms with van der Waals surface area (Å²) in [5.74, 6) is -0.0511. The number of hydrogen-bond donors (Lipinski definition) is 1. The molecular weight excluding hydrogens is 368 g/mol. The Balaban J connectivity index is 1.89. The number of amides is 2. The fourth-order valence-electron chi connectivity index (χ4n) is 3.75. The number of benzene rings is 1. The number of carbonyl (C=O) groups is 2. The highest BCUT2D eigenvalue weighted by atomic mass is 16.5. The Hall–Kier alpha value is -2.67. The summed E-state index contributed by atoms with van der Waals surface area (Å²) in [6.45, 7) is 6.31. The van der Waals surface area contributed by atoms with Gasteiger partial charge in [0.2, 0.25) is 0 Å². The Morgan fingerprint density at radius 2 is 2.14 bits per heavy atom. The fourth-order valence-corrected chi connectivity index (χ4v) is 3.75. The Kier molecular flexibility index (Phi) is 7.04. The van der Waals surface area contributed by atoms with Crippen LogP contribution < -0.4 is 10.2 Å². The van der Waals surface area contributed by atoms with Crippen LogP contribution in [0, 0.1) is 6.92 Å². The third kappa shape index (κ3) is 4.67. The Labute approximate surface area is 172 Å². The van der Waals surface area contributed by atoms with Crippen LogP contribution in [0.3, 0.4) is 0 Å². The van der Waals surface area contributed by atoms with Gasteiger partial charge < -0.3 is 19.5 Å². The zero-order valence-electron chi connectivity index (χ0n) is 17.5. The molecule has 7 heteroatoms. The summed E-state index contributed by atoms with van der Waals surface area (Å²) in [4.78, 5) is 32.4. The van der Waals surface area contributed by atoms with E-state index in [-0.39, 0.29) is 11.8 Å². The molecule has 0 radical (unpaired) electrons. The number of fused-ring (bicyclic) bond motifs is 1. The maximum Gasteiger partial charge on any atom is 0.287 e. The van der Waals surface area contributed by atoms with Crippen molar-refractivity contribution in [2.75, 3.05) is 31.7 Å². The maximum atomic E-state index is 13.4. The van der Waals surface area contributed by atoms with Crippen LogP contribution in [0.1, 0.15) is 58.6 Å². The summed E-state index contributed by atoms with van der Waals surface area (Å²) < 4.78 is 6.95. The van der Waals surface area contributed by atoms with E-state index in [0.717, 1.165) is 42.6 Å². The Morgan fingerprint density at radius 1 is 1.31 bits per heavy atom. The lowest BCUT2D eigenvalue weighted by Gasteiger charge is -2.22. The van der Waals surface area contributed by atoms with Crippen molar-refractivity contribution in [1.29, 1.82) is 0 Å². The summed E-state index contributed by atoms with van der Waals surface area (Å²) in [6, 6.07) is 7.88. The third-order valence-electron chi connectivity index (χ3n) is 5.21. The first-order valence-electron chi connectivity index (χ1n) is 10.3. The molecule has 1 aromatic heterocycles. The molecule has 0 bridgehead atoms. The van der Waals surface area contributed by atoms with E-state index in [2.05, 4.69) is 10.3 Å². The molecule has 3 rings (SSSR count). The molecule has 29 heavy (non-hydrogen) atoms. The van der Waals surface area contributed by atoms with Gasteiger partial charge in [0.25, 0.3) is 11.8 Å². The number of nitrogens with one attached hydrogen (secondary N) is 1. The second kappa shape index (κ2) is 9.69. The largest absolute Gasteiger partial charge is 0.385 e. The highest BCUT2D eigenvalue weighted by Gasteiger charge is 2.30. The number of aryl methyl sites for hydroxylation is 1. The Morgan fingerprint density at radius 3 is 2.86 bits per heavy atom. The van der Waals surface area contributed by atoms with Crippen molar-refractivity contribution in [1.82, 2.24) is 14.9 Å². The van der Waals surface area contributed by atoms with E-state index >= 15 is 0 Å². The van der Waals surface area contributed by atoms with Crippen molar-refractivity contribution in [3.63, 3.8) is 0 Å². The average molecular weight is 399 g/mol. The monoisotopic (exact) mass is 398 g/mol. The van der Waals surface area contributed by atoms with Crippen molar-refractivity contribution in [2.45, 2.75) is 46.1 Å². The van der Waals surface area contributed by atoms with Gasteiger partial charge in [0.15, 0.2) is 11.5 Å². The van der Waals surface area contributed by atoms with Gasteiger partial charge in [-0.15, -0.1) is 0 Å². The summed E-state index contributed by atoms with van der Waals surface area (Å²) in [5, 5.41) is 2.89. The van der Waals surface area contributed by atoms with Gasteiger partial charge in [0.05, 0.1) is 5.69 Å². The van der Waals surface area contributed by atoms with Gasteiger partial charge in [-0.1, -0.05) is 12.1 Å². The number of hydrogen-bond acceptors (Lipinski definition) is 4. The van der Waals surface area contributed by atoms with Crippen LogP contribution in [0.4, 0.5) is 5.69 Å². The van der Waals surface area contributed by atoms with E-state index < -0.39 is 0 Å². The number of aromatic nitrogens is 2. The van der Waals surface area contributed by atoms with Gasteiger partial charge in [0, 0.05) is 39.0 Å². The van der Waals surface area contributed by atoms with Crippen molar-refractivity contribution in [3.8, 4) is 0 Å². The van der Waals surface area contributed by atoms with Crippen LogP contribution in [0.2, 0.25) is 0 Å². The summed E-state index contributed by atoms with van der Waals surface area (Å²) in [5.41, 5.74) is 3.21. The molecule has 2 aromatic rings. The minimum absolute atomic E-state index is 0.151. The fraction of sp³-hybridized carbons (Fsp3) is 0.500. The van der Waals surface area contributed by atoms with Crippen LogP contribution in [-0.2, 0) is 17.7 Å². The molecule has 0 saturated heterocycles. The SMILES string of the molecule is CCN(C(=O)c1nc(C(=O)NCCCOC)n2c1CCCC2)c1cccc(C)c1. The highest BCUT2D eigenvalue weighted by Crippen LogP contribution is 2.25.